The lowest BCUT2D eigenvalue weighted by atomic mass is 10.1. The molecule has 2 aromatic rings. The van der Waals surface area contributed by atoms with E-state index < -0.39 is 11.7 Å². The van der Waals surface area contributed by atoms with Gasteiger partial charge in [0.25, 0.3) is 0 Å². The van der Waals surface area contributed by atoms with Crippen LogP contribution in [0.3, 0.4) is 0 Å². The highest BCUT2D eigenvalue weighted by Crippen LogP contribution is 2.29. The summed E-state index contributed by atoms with van der Waals surface area (Å²) >= 11 is 0. The summed E-state index contributed by atoms with van der Waals surface area (Å²) in [4.78, 5) is 14.2. The second-order valence-corrected chi connectivity index (χ2v) is 3.68. The minimum Gasteiger partial charge on any atom is -0.444 e. The van der Waals surface area contributed by atoms with Gasteiger partial charge in [-0.1, -0.05) is 12.1 Å². The third kappa shape index (κ3) is 3.31. The second kappa shape index (κ2) is 5.09. The molecule has 0 atom stereocenters. The lowest BCUT2D eigenvalue weighted by Crippen LogP contribution is -2.03. The van der Waals surface area contributed by atoms with Crippen molar-refractivity contribution in [3.05, 3.63) is 53.2 Å². The van der Waals surface area contributed by atoms with Crippen LogP contribution in [0.2, 0.25) is 0 Å². The lowest BCUT2D eigenvalue weighted by molar-refractivity contribution is -0.137. The van der Waals surface area contributed by atoms with Gasteiger partial charge in [-0.15, -0.1) is 0 Å². The van der Waals surface area contributed by atoms with Crippen LogP contribution < -0.4 is 0 Å². The maximum absolute atomic E-state index is 12.3. The van der Waals surface area contributed by atoms with Crippen LogP contribution in [-0.2, 0) is 6.18 Å². The first-order valence-corrected chi connectivity index (χ1v) is 5.25. The van der Waals surface area contributed by atoms with Crippen molar-refractivity contribution < 1.29 is 22.4 Å². The Bertz CT molecular complexity index is 597. The number of carbonyl (C=O) groups excluding carboxylic acids is 1. The molecule has 1 heterocycles. The van der Waals surface area contributed by atoms with Crippen LogP contribution in [0, 0.1) is 0 Å². The predicted octanol–water partition coefficient (Wildman–Crippen LogP) is 3.68. The number of carbonyl (C=O) groups is 1. The quantitative estimate of drug-likeness (QED) is 0.797. The summed E-state index contributed by atoms with van der Waals surface area (Å²) in [5.74, 6) is 0.210. The molecule has 0 fully saturated rings. The SMILES string of the molecule is O=Cc1coc(/C=C/c2ccc(C(F)(F)F)cc2)n1. The van der Waals surface area contributed by atoms with Gasteiger partial charge in [-0.3, -0.25) is 4.79 Å². The van der Waals surface area contributed by atoms with Crippen LogP contribution in [0.4, 0.5) is 13.2 Å². The van der Waals surface area contributed by atoms with Crippen molar-refractivity contribution in [2.45, 2.75) is 6.18 Å². The highest BCUT2D eigenvalue weighted by atomic mass is 19.4. The summed E-state index contributed by atoms with van der Waals surface area (Å²) in [6.07, 6.45) is 0.401. The van der Waals surface area contributed by atoms with Crippen molar-refractivity contribution in [1.29, 1.82) is 0 Å². The van der Waals surface area contributed by atoms with E-state index in [4.69, 9.17) is 4.42 Å². The number of nitrogens with zero attached hydrogens (tertiary/aromatic N) is 1. The number of rotatable bonds is 3. The molecule has 0 amide bonds. The summed E-state index contributed by atoms with van der Waals surface area (Å²) < 4.78 is 42.0. The standard InChI is InChI=1S/C13H8F3NO2/c14-13(15,16)10-4-1-9(2-5-10)3-6-12-17-11(7-18)8-19-12/h1-8H/b6-3+. The molecule has 0 saturated heterocycles. The summed E-state index contributed by atoms with van der Waals surface area (Å²) in [5, 5.41) is 0. The zero-order valence-electron chi connectivity index (χ0n) is 9.52. The van der Waals surface area contributed by atoms with Crippen molar-refractivity contribution in [1.82, 2.24) is 4.98 Å². The molecule has 98 valence electrons. The van der Waals surface area contributed by atoms with Crippen LogP contribution >= 0.6 is 0 Å². The van der Waals surface area contributed by atoms with Crippen LogP contribution in [0.25, 0.3) is 12.2 Å². The molecular formula is C13H8F3NO2. The largest absolute Gasteiger partial charge is 0.444 e. The molecule has 0 unspecified atom stereocenters. The van der Waals surface area contributed by atoms with E-state index in [1.165, 1.54) is 24.5 Å². The van der Waals surface area contributed by atoms with Crippen LogP contribution in [-0.4, -0.2) is 11.3 Å². The molecule has 0 bridgehead atoms. The van der Waals surface area contributed by atoms with Gasteiger partial charge in [0, 0.05) is 6.08 Å². The Morgan fingerprint density at radius 2 is 1.79 bits per heavy atom. The Balaban J connectivity index is 2.13. The molecule has 0 radical (unpaired) electrons. The normalized spacial score (nSPS) is 11.9. The number of oxazole rings is 1. The summed E-state index contributed by atoms with van der Waals surface area (Å²) in [6.45, 7) is 0. The molecule has 6 heteroatoms. The van der Waals surface area contributed by atoms with Crippen molar-refractivity contribution >= 4 is 18.4 Å². The van der Waals surface area contributed by atoms with Crippen molar-refractivity contribution in [3.63, 3.8) is 0 Å². The Labute approximate surface area is 106 Å². The molecule has 0 spiro atoms. The molecule has 0 aliphatic rings. The average molecular weight is 267 g/mol. The van der Waals surface area contributed by atoms with Crippen molar-refractivity contribution in [3.8, 4) is 0 Å². The van der Waals surface area contributed by atoms with E-state index in [9.17, 15) is 18.0 Å². The van der Waals surface area contributed by atoms with Gasteiger partial charge in [0.05, 0.1) is 5.56 Å². The summed E-state index contributed by atoms with van der Waals surface area (Å²) in [7, 11) is 0. The molecule has 0 N–H and O–H groups in total. The fraction of sp³-hybridized carbons (Fsp3) is 0.0769. The van der Waals surface area contributed by atoms with E-state index in [0.29, 0.717) is 11.8 Å². The fourth-order valence-electron chi connectivity index (χ4n) is 1.38. The van der Waals surface area contributed by atoms with Gasteiger partial charge in [0.15, 0.2) is 6.29 Å². The molecule has 0 aliphatic carbocycles. The smallest absolute Gasteiger partial charge is 0.416 e. The zero-order valence-corrected chi connectivity index (χ0v) is 9.52. The van der Waals surface area contributed by atoms with Crippen LogP contribution in [0.15, 0.2) is 34.9 Å². The Hall–Kier alpha value is -2.37. The number of benzene rings is 1. The average Bonchev–Trinajstić information content (AvgIpc) is 2.84. The predicted molar refractivity (Wildman–Crippen MR) is 62.3 cm³/mol. The maximum atomic E-state index is 12.3. The van der Waals surface area contributed by atoms with Gasteiger partial charge < -0.3 is 4.42 Å². The second-order valence-electron chi connectivity index (χ2n) is 3.68. The van der Waals surface area contributed by atoms with E-state index in [2.05, 4.69) is 4.98 Å². The Morgan fingerprint density at radius 1 is 1.11 bits per heavy atom. The zero-order chi connectivity index (χ0) is 13.9. The Morgan fingerprint density at radius 3 is 2.32 bits per heavy atom. The van der Waals surface area contributed by atoms with Crippen molar-refractivity contribution in [2.24, 2.45) is 0 Å². The van der Waals surface area contributed by atoms with Crippen LogP contribution in [0.1, 0.15) is 27.5 Å². The van der Waals surface area contributed by atoms with E-state index in [0.717, 1.165) is 12.1 Å². The van der Waals surface area contributed by atoms with E-state index in [-0.39, 0.29) is 11.6 Å². The van der Waals surface area contributed by atoms with Gasteiger partial charge in [-0.2, -0.15) is 13.2 Å². The third-order valence-corrected chi connectivity index (χ3v) is 2.32. The first-order valence-electron chi connectivity index (χ1n) is 5.25. The van der Waals surface area contributed by atoms with Crippen molar-refractivity contribution in [2.75, 3.05) is 0 Å². The molecule has 0 saturated carbocycles. The monoisotopic (exact) mass is 267 g/mol. The van der Waals surface area contributed by atoms with E-state index in [1.807, 2.05) is 0 Å². The first-order chi connectivity index (χ1) is 8.99. The summed E-state index contributed by atoms with van der Waals surface area (Å²) in [6, 6.07) is 4.66. The topological polar surface area (TPSA) is 43.1 Å². The fourth-order valence-corrected chi connectivity index (χ4v) is 1.38. The Kier molecular flexibility index (Phi) is 3.50. The maximum Gasteiger partial charge on any atom is 0.416 e. The molecule has 1 aromatic heterocycles. The minimum absolute atomic E-state index is 0.159. The molecule has 0 aliphatic heterocycles. The number of aldehydes is 1. The van der Waals surface area contributed by atoms with Gasteiger partial charge in [-0.05, 0) is 23.8 Å². The first kappa shape index (κ1) is 13.1. The minimum atomic E-state index is -4.34. The number of halogens is 3. The molecule has 19 heavy (non-hydrogen) atoms. The highest BCUT2D eigenvalue weighted by Gasteiger charge is 2.29. The van der Waals surface area contributed by atoms with Gasteiger partial charge >= 0.3 is 6.18 Å². The molecular weight excluding hydrogens is 259 g/mol. The number of alkyl halides is 3. The van der Waals surface area contributed by atoms with Gasteiger partial charge in [0.1, 0.15) is 12.0 Å². The number of aromatic nitrogens is 1. The highest BCUT2D eigenvalue weighted by molar-refractivity contribution is 5.72. The van der Waals surface area contributed by atoms with E-state index >= 15 is 0 Å². The molecule has 2 rings (SSSR count). The number of hydrogen-bond donors (Lipinski definition) is 0. The third-order valence-electron chi connectivity index (χ3n) is 2.32. The summed E-state index contributed by atoms with van der Waals surface area (Å²) in [5.41, 5.74) is 0.0231. The van der Waals surface area contributed by atoms with E-state index in [1.54, 1.807) is 6.08 Å². The van der Waals surface area contributed by atoms with Crippen LogP contribution in [0.5, 0.6) is 0 Å². The lowest BCUT2D eigenvalue weighted by Gasteiger charge is -2.05. The molecule has 1 aromatic carbocycles. The van der Waals surface area contributed by atoms with Gasteiger partial charge in [-0.25, -0.2) is 4.98 Å². The number of hydrogen-bond acceptors (Lipinski definition) is 3. The molecule has 3 nitrogen and oxygen atoms in total. The van der Waals surface area contributed by atoms with Gasteiger partial charge in [0.2, 0.25) is 5.89 Å².